The van der Waals surface area contributed by atoms with E-state index < -0.39 is 36.0 Å². The number of aryl methyl sites for hydroxylation is 1. The van der Waals surface area contributed by atoms with Gasteiger partial charge in [-0.05, 0) is 30.7 Å². The highest BCUT2D eigenvalue weighted by Gasteiger charge is 2.30. The van der Waals surface area contributed by atoms with E-state index in [1.807, 2.05) is 44.2 Å². The number of carboxylic acids is 2. The van der Waals surface area contributed by atoms with Crippen LogP contribution in [-0.4, -0.2) is 56.2 Å². The summed E-state index contributed by atoms with van der Waals surface area (Å²) in [5.74, 6) is -2.69. The van der Waals surface area contributed by atoms with Crippen LogP contribution in [0.1, 0.15) is 37.9 Å². The fourth-order valence-electron chi connectivity index (χ4n) is 3.29. The summed E-state index contributed by atoms with van der Waals surface area (Å²) in [7, 11) is 0. The molecule has 0 aliphatic carbocycles. The average molecular weight is 431 g/mol. The molecule has 9 heteroatoms. The average Bonchev–Trinajstić information content (AvgIpc) is 3.23. The molecule has 0 saturated heterocycles. The second kappa shape index (κ2) is 11.8. The number of imidazole rings is 1. The molecule has 1 amide bonds. The number of aromatic nitrogens is 2. The van der Waals surface area contributed by atoms with Crippen LogP contribution in [-0.2, 0) is 27.2 Å². The molecular weight excluding hydrogens is 400 g/mol. The summed E-state index contributed by atoms with van der Waals surface area (Å²) in [6.07, 6.45) is 4.23. The van der Waals surface area contributed by atoms with Gasteiger partial charge in [-0.25, -0.2) is 9.78 Å². The van der Waals surface area contributed by atoms with Crippen LogP contribution in [0.3, 0.4) is 0 Å². The molecule has 0 fully saturated rings. The zero-order valence-electron chi connectivity index (χ0n) is 17.7. The van der Waals surface area contributed by atoms with Crippen molar-refractivity contribution in [2.24, 2.45) is 5.92 Å². The van der Waals surface area contributed by atoms with Crippen LogP contribution in [0.15, 0.2) is 42.9 Å². The minimum absolute atomic E-state index is 0.0676. The molecule has 0 saturated carbocycles. The lowest BCUT2D eigenvalue weighted by Crippen LogP contribution is -2.55. The molecule has 0 aliphatic heterocycles. The standard InChI is InChI=1S/C22H30N4O5/c1-14(2)10-19(22(30)31)26-20(27)18(11-16-12-23-13-24-16)25-17(21(28)29)9-8-15-6-4-3-5-7-15/h3-7,12-14,17-19,25H,8-11H2,1-2H3,(H,23,24)(H,26,27)(H,28,29)(H,30,31)/t17?,18-,19-/m0/s1. The van der Waals surface area contributed by atoms with Crippen LogP contribution in [0, 0.1) is 5.92 Å². The lowest BCUT2D eigenvalue weighted by molar-refractivity contribution is -0.143. The predicted molar refractivity (Wildman–Crippen MR) is 114 cm³/mol. The Balaban J connectivity index is 2.13. The predicted octanol–water partition coefficient (Wildman–Crippen LogP) is 1.61. The molecule has 2 aromatic rings. The summed E-state index contributed by atoms with van der Waals surface area (Å²) in [5.41, 5.74) is 1.63. The van der Waals surface area contributed by atoms with Gasteiger partial charge in [0, 0.05) is 18.3 Å². The van der Waals surface area contributed by atoms with Gasteiger partial charge in [0.05, 0.1) is 12.4 Å². The Morgan fingerprint density at radius 3 is 2.26 bits per heavy atom. The van der Waals surface area contributed by atoms with Gasteiger partial charge in [-0.2, -0.15) is 0 Å². The van der Waals surface area contributed by atoms with Crippen LogP contribution < -0.4 is 10.6 Å². The Morgan fingerprint density at radius 2 is 1.71 bits per heavy atom. The third kappa shape index (κ3) is 8.21. The molecule has 31 heavy (non-hydrogen) atoms. The van der Waals surface area contributed by atoms with Crippen molar-refractivity contribution in [3.63, 3.8) is 0 Å². The van der Waals surface area contributed by atoms with Gasteiger partial charge < -0.3 is 20.5 Å². The van der Waals surface area contributed by atoms with E-state index in [2.05, 4.69) is 20.6 Å². The van der Waals surface area contributed by atoms with Gasteiger partial charge in [0.1, 0.15) is 12.1 Å². The fraction of sp³-hybridized carbons (Fsp3) is 0.455. The highest BCUT2D eigenvalue weighted by Crippen LogP contribution is 2.10. The number of hydrogen-bond acceptors (Lipinski definition) is 5. The number of hydrogen-bond donors (Lipinski definition) is 5. The van der Waals surface area contributed by atoms with Crippen LogP contribution in [0.4, 0.5) is 0 Å². The molecular formula is C22H30N4O5. The van der Waals surface area contributed by atoms with Crippen LogP contribution in [0.25, 0.3) is 0 Å². The molecule has 5 N–H and O–H groups in total. The monoisotopic (exact) mass is 430 g/mol. The first-order valence-electron chi connectivity index (χ1n) is 10.3. The van der Waals surface area contributed by atoms with Crippen LogP contribution in [0.5, 0.6) is 0 Å². The molecule has 2 rings (SSSR count). The first-order valence-corrected chi connectivity index (χ1v) is 10.3. The molecule has 0 spiro atoms. The third-order valence-corrected chi connectivity index (χ3v) is 4.88. The van der Waals surface area contributed by atoms with Crippen molar-refractivity contribution >= 4 is 17.8 Å². The van der Waals surface area contributed by atoms with Crippen molar-refractivity contribution in [2.45, 2.75) is 57.7 Å². The Kier molecular flexibility index (Phi) is 9.20. The number of aliphatic carboxylic acids is 2. The van der Waals surface area contributed by atoms with E-state index in [0.717, 1.165) is 5.56 Å². The molecule has 1 unspecified atom stereocenters. The number of H-pyrrole nitrogens is 1. The van der Waals surface area contributed by atoms with Gasteiger partial charge in [-0.1, -0.05) is 44.2 Å². The number of benzene rings is 1. The number of amides is 1. The number of nitrogens with zero attached hydrogens (tertiary/aromatic N) is 1. The molecule has 1 aromatic carbocycles. The lowest BCUT2D eigenvalue weighted by Gasteiger charge is -2.25. The smallest absolute Gasteiger partial charge is 0.326 e. The Hall–Kier alpha value is -3.20. The van der Waals surface area contributed by atoms with Crippen LogP contribution >= 0.6 is 0 Å². The van der Waals surface area contributed by atoms with Gasteiger partial charge in [0.2, 0.25) is 5.91 Å². The second-order valence-electron chi connectivity index (χ2n) is 7.94. The molecule has 3 atom stereocenters. The fourth-order valence-corrected chi connectivity index (χ4v) is 3.29. The van der Waals surface area contributed by atoms with E-state index >= 15 is 0 Å². The number of rotatable bonds is 13. The maximum absolute atomic E-state index is 12.9. The molecule has 9 nitrogen and oxygen atoms in total. The minimum atomic E-state index is -1.12. The van der Waals surface area contributed by atoms with Crippen molar-refractivity contribution in [1.29, 1.82) is 0 Å². The van der Waals surface area contributed by atoms with E-state index in [1.54, 1.807) is 6.20 Å². The largest absolute Gasteiger partial charge is 0.480 e. The Labute approximate surface area is 181 Å². The molecule has 1 aromatic heterocycles. The molecule has 1 heterocycles. The number of carbonyl (C=O) groups is 3. The zero-order valence-corrected chi connectivity index (χ0v) is 17.7. The highest BCUT2D eigenvalue weighted by atomic mass is 16.4. The van der Waals surface area contributed by atoms with Gasteiger partial charge in [-0.3, -0.25) is 14.9 Å². The van der Waals surface area contributed by atoms with Crippen molar-refractivity contribution in [2.75, 3.05) is 0 Å². The van der Waals surface area contributed by atoms with Crippen molar-refractivity contribution in [1.82, 2.24) is 20.6 Å². The van der Waals surface area contributed by atoms with Gasteiger partial charge in [0.15, 0.2) is 0 Å². The number of carboxylic acid groups (broad SMARTS) is 2. The Bertz CT molecular complexity index is 839. The normalized spacial score (nSPS) is 14.0. The van der Waals surface area contributed by atoms with E-state index in [9.17, 15) is 24.6 Å². The molecule has 0 aliphatic rings. The van der Waals surface area contributed by atoms with E-state index in [4.69, 9.17) is 0 Å². The highest BCUT2D eigenvalue weighted by molar-refractivity contribution is 5.87. The molecule has 0 radical (unpaired) electrons. The zero-order chi connectivity index (χ0) is 22.8. The van der Waals surface area contributed by atoms with Crippen molar-refractivity contribution < 1.29 is 24.6 Å². The third-order valence-electron chi connectivity index (χ3n) is 4.88. The second-order valence-corrected chi connectivity index (χ2v) is 7.94. The number of aromatic amines is 1. The number of nitrogens with one attached hydrogen (secondary N) is 3. The summed E-state index contributed by atoms with van der Waals surface area (Å²) < 4.78 is 0. The first kappa shape index (κ1) is 24.1. The first-order chi connectivity index (χ1) is 14.8. The quantitative estimate of drug-likeness (QED) is 0.325. The lowest BCUT2D eigenvalue weighted by atomic mass is 10.0. The van der Waals surface area contributed by atoms with Gasteiger partial charge in [-0.15, -0.1) is 0 Å². The van der Waals surface area contributed by atoms with Gasteiger partial charge in [0.25, 0.3) is 0 Å². The summed E-state index contributed by atoms with van der Waals surface area (Å²) in [6, 6.07) is 6.51. The summed E-state index contributed by atoms with van der Waals surface area (Å²) in [4.78, 5) is 43.2. The van der Waals surface area contributed by atoms with E-state index in [-0.39, 0.29) is 25.2 Å². The maximum atomic E-state index is 12.9. The molecule has 168 valence electrons. The summed E-state index contributed by atoms with van der Waals surface area (Å²) in [5, 5.41) is 24.6. The van der Waals surface area contributed by atoms with Crippen LogP contribution in [0.2, 0.25) is 0 Å². The van der Waals surface area contributed by atoms with E-state index in [0.29, 0.717) is 12.1 Å². The minimum Gasteiger partial charge on any atom is -0.480 e. The van der Waals surface area contributed by atoms with Crippen molar-refractivity contribution in [3.05, 3.63) is 54.1 Å². The van der Waals surface area contributed by atoms with Crippen molar-refractivity contribution in [3.8, 4) is 0 Å². The van der Waals surface area contributed by atoms with Gasteiger partial charge >= 0.3 is 11.9 Å². The summed E-state index contributed by atoms with van der Waals surface area (Å²) >= 11 is 0. The number of carbonyl (C=O) groups excluding carboxylic acids is 1. The Morgan fingerprint density at radius 1 is 1.03 bits per heavy atom. The van der Waals surface area contributed by atoms with E-state index in [1.165, 1.54) is 6.33 Å². The molecule has 0 bridgehead atoms. The maximum Gasteiger partial charge on any atom is 0.326 e. The summed E-state index contributed by atoms with van der Waals surface area (Å²) in [6.45, 7) is 3.74. The topological polar surface area (TPSA) is 144 Å². The SMILES string of the molecule is CC(C)C[C@H](NC(=O)[C@H](Cc1cnc[nH]1)NC(CCc1ccccc1)C(=O)O)C(=O)O.